The molecule has 0 unspecified atom stereocenters. The molecule has 1 saturated heterocycles. The standard InChI is InChI=1S/C20H22N6O2/c1-3-28-20(27)15-12-21-13-22-19(15)26-10-8-25(9-11-26)18-14(2)23-16-6-4-5-7-17(16)24-18/h4-7,12-13H,3,8-11H2,1-2H3. The van der Waals surface area contributed by atoms with Gasteiger partial charge in [0.2, 0.25) is 0 Å². The van der Waals surface area contributed by atoms with Gasteiger partial charge in [0.25, 0.3) is 0 Å². The number of hydrogen-bond acceptors (Lipinski definition) is 8. The van der Waals surface area contributed by atoms with E-state index >= 15 is 0 Å². The van der Waals surface area contributed by atoms with Crippen molar-refractivity contribution in [2.75, 3.05) is 42.6 Å². The van der Waals surface area contributed by atoms with Crippen LogP contribution in [0.15, 0.2) is 36.8 Å². The molecule has 8 nitrogen and oxygen atoms in total. The zero-order valence-electron chi connectivity index (χ0n) is 16.0. The fourth-order valence-electron chi connectivity index (χ4n) is 3.44. The van der Waals surface area contributed by atoms with E-state index in [4.69, 9.17) is 9.72 Å². The summed E-state index contributed by atoms with van der Waals surface area (Å²) in [7, 11) is 0. The number of anilines is 2. The van der Waals surface area contributed by atoms with E-state index in [1.807, 2.05) is 31.2 Å². The molecular weight excluding hydrogens is 356 g/mol. The molecule has 1 aliphatic rings. The molecule has 28 heavy (non-hydrogen) atoms. The maximum atomic E-state index is 12.2. The summed E-state index contributed by atoms with van der Waals surface area (Å²) in [5.74, 6) is 1.14. The molecule has 0 atom stereocenters. The van der Waals surface area contributed by atoms with Crippen molar-refractivity contribution in [2.45, 2.75) is 13.8 Å². The average molecular weight is 378 g/mol. The largest absolute Gasteiger partial charge is 0.462 e. The van der Waals surface area contributed by atoms with E-state index < -0.39 is 5.97 Å². The SMILES string of the molecule is CCOC(=O)c1cncnc1N1CCN(c2nc3ccccc3nc2C)CC1. The van der Waals surface area contributed by atoms with E-state index in [2.05, 4.69) is 24.8 Å². The fourth-order valence-corrected chi connectivity index (χ4v) is 3.44. The van der Waals surface area contributed by atoms with Crippen LogP contribution < -0.4 is 9.80 Å². The van der Waals surface area contributed by atoms with Gasteiger partial charge in [-0.1, -0.05) is 12.1 Å². The lowest BCUT2D eigenvalue weighted by molar-refractivity contribution is 0.0526. The maximum Gasteiger partial charge on any atom is 0.343 e. The van der Waals surface area contributed by atoms with E-state index in [9.17, 15) is 4.79 Å². The number of aromatic nitrogens is 4. The molecule has 1 aliphatic heterocycles. The summed E-state index contributed by atoms with van der Waals surface area (Å²) in [5.41, 5.74) is 3.12. The first-order chi connectivity index (χ1) is 13.7. The maximum absolute atomic E-state index is 12.2. The van der Waals surface area contributed by atoms with Crippen LogP contribution in [0.3, 0.4) is 0 Å². The number of hydrogen-bond donors (Lipinski definition) is 0. The quantitative estimate of drug-likeness (QED) is 0.639. The molecule has 0 spiro atoms. The summed E-state index contributed by atoms with van der Waals surface area (Å²) in [6.07, 6.45) is 2.98. The van der Waals surface area contributed by atoms with Crippen molar-refractivity contribution in [1.82, 2.24) is 19.9 Å². The molecule has 4 rings (SSSR count). The molecule has 3 aromatic rings. The summed E-state index contributed by atoms with van der Waals surface area (Å²) < 4.78 is 5.13. The normalized spacial score (nSPS) is 14.4. The van der Waals surface area contributed by atoms with Gasteiger partial charge in [0.05, 0.1) is 23.3 Å². The van der Waals surface area contributed by atoms with Crippen molar-refractivity contribution in [1.29, 1.82) is 0 Å². The first-order valence-electron chi connectivity index (χ1n) is 9.37. The molecule has 2 aromatic heterocycles. The van der Waals surface area contributed by atoms with Crippen LogP contribution in [0.4, 0.5) is 11.6 Å². The summed E-state index contributed by atoms with van der Waals surface area (Å²) in [5, 5.41) is 0. The molecule has 0 N–H and O–H groups in total. The Morgan fingerprint density at radius 2 is 1.68 bits per heavy atom. The number of nitrogens with zero attached hydrogens (tertiary/aromatic N) is 6. The minimum atomic E-state index is -0.392. The van der Waals surface area contributed by atoms with E-state index in [1.54, 1.807) is 6.92 Å². The lowest BCUT2D eigenvalue weighted by Gasteiger charge is -2.36. The Labute approximate surface area is 163 Å². The highest BCUT2D eigenvalue weighted by Gasteiger charge is 2.25. The van der Waals surface area contributed by atoms with Crippen molar-refractivity contribution < 1.29 is 9.53 Å². The van der Waals surface area contributed by atoms with Gasteiger partial charge in [0, 0.05) is 32.4 Å². The minimum absolute atomic E-state index is 0.320. The van der Waals surface area contributed by atoms with E-state index in [-0.39, 0.29) is 0 Å². The number of aryl methyl sites for hydroxylation is 1. The van der Waals surface area contributed by atoms with Crippen LogP contribution in [0.5, 0.6) is 0 Å². The third-order valence-electron chi connectivity index (χ3n) is 4.79. The minimum Gasteiger partial charge on any atom is -0.462 e. The van der Waals surface area contributed by atoms with Gasteiger partial charge >= 0.3 is 5.97 Å². The number of ether oxygens (including phenoxy) is 1. The average Bonchev–Trinajstić information content (AvgIpc) is 2.73. The molecule has 0 saturated carbocycles. The van der Waals surface area contributed by atoms with E-state index in [0.29, 0.717) is 18.0 Å². The second-order valence-corrected chi connectivity index (χ2v) is 6.58. The van der Waals surface area contributed by atoms with Gasteiger partial charge in [0.15, 0.2) is 5.82 Å². The van der Waals surface area contributed by atoms with Crippen LogP contribution >= 0.6 is 0 Å². The smallest absolute Gasteiger partial charge is 0.343 e. The Hall–Kier alpha value is -3.29. The van der Waals surface area contributed by atoms with E-state index in [1.165, 1.54) is 12.5 Å². The molecule has 144 valence electrons. The van der Waals surface area contributed by atoms with Crippen molar-refractivity contribution in [3.8, 4) is 0 Å². The van der Waals surface area contributed by atoms with Crippen LogP contribution in [0.1, 0.15) is 23.0 Å². The van der Waals surface area contributed by atoms with Crippen molar-refractivity contribution in [3.05, 3.63) is 48.0 Å². The van der Waals surface area contributed by atoms with Crippen molar-refractivity contribution in [2.24, 2.45) is 0 Å². The number of carbonyl (C=O) groups excluding carboxylic acids is 1. The molecular formula is C20H22N6O2. The van der Waals surface area contributed by atoms with Crippen LogP contribution in [-0.2, 0) is 4.74 Å². The second kappa shape index (κ2) is 7.75. The Bertz CT molecular complexity index is 1000. The molecule has 0 aliphatic carbocycles. The van der Waals surface area contributed by atoms with Gasteiger partial charge < -0.3 is 14.5 Å². The zero-order chi connectivity index (χ0) is 19.5. The number of esters is 1. The molecule has 8 heteroatoms. The lowest BCUT2D eigenvalue weighted by atomic mass is 10.2. The Balaban J connectivity index is 1.53. The Morgan fingerprint density at radius 3 is 2.36 bits per heavy atom. The monoisotopic (exact) mass is 378 g/mol. The topological polar surface area (TPSA) is 84.3 Å². The highest BCUT2D eigenvalue weighted by molar-refractivity contribution is 5.94. The predicted octanol–water partition coefficient (Wildman–Crippen LogP) is 2.23. The number of para-hydroxylation sites is 2. The highest BCUT2D eigenvalue weighted by Crippen LogP contribution is 2.24. The number of piperazine rings is 1. The summed E-state index contributed by atoms with van der Waals surface area (Å²) >= 11 is 0. The molecule has 0 bridgehead atoms. The predicted molar refractivity (Wildman–Crippen MR) is 107 cm³/mol. The van der Waals surface area contributed by atoms with Crippen LogP contribution in [0, 0.1) is 6.92 Å². The fraction of sp³-hybridized carbons (Fsp3) is 0.350. The first-order valence-corrected chi connectivity index (χ1v) is 9.37. The highest BCUT2D eigenvalue weighted by atomic mass is 16.5. The number of carbonyl (C=O) groups is 1. The van der Waals surface area contributed by atoms with Crippen molar-refractivity contribution in [3.63, 3.8) is 0 Å². The lowest BCUT2D eigenvalue weighted by Crippen LogP contribution is -2.47. The second-order valence-electron chi connectivity index (χ2n) is 6.58. The molecule has 3 heterocycles. The van der Waals surface area contributed by atoms with Gasteiger partial charge in [-0.15, -0.1) is 0 Å². The Morgan fingerprint density at radius 1 is 1.04 bits per heavy atom. The summed E-state index contributed by atoms with van der Waals surface area (Å²) in [6, 6.07) is 7.90. The molecule has 1 aromatic carbocycles. The molecule has 0 radical (unpaired) electrons. The van der Waals surface area contributed by atoms with Crippen molar-refractivity contribution >= 4 is 28.6 Å². The third kappa shape index (κ3) is 3.45. The number of rotatable bonds is 4. The van der Waals surface area contributed by atoms with Crippen LogP contribution in [0.25, 0.3) is 11.0 Å². The van der Waals surface area contributed by atoms with Crippen LogP contribution in [-0.4, -0.2) is 58.7 Å². The molecule has 1 fully saturated rings. The van der Waals surface area contributed by atoms with Gasteiger partial charge in [-0.05, 0) is 26.0 Å². The van der Waals surface area contributed by atoms with Gasteiger partial charge in [-0.2, -0.15) is 0 Å². The van der Waals surface area contributed by atoms with Gasteiger partial charge in [0.1, 0.15) is 17.7 Å². The van der Waals surface area contributed by atoms with Crippen LogP contribution in [0.2, 0.25) is 0 Å². The Kier molecular flexibility index (Phi) is 5.01. The van der Waals surface area contributed by atoms with Gasteiger partial charge in [-0.3, -0.25) is 0 Å². The third-order valence-corrected chi connectivity index (χ3v) is 4.79. The zero-order valence-corrected chi connectivity index (χ0v) is 16.0. The number of benzene rings is 1. The first kappa shape index (κ1) is 18.1. The van der Waals surface area contributed by atoms with E-state index in [0.717, 1.165) is 48.7 Å². The molecule has 0 amide bonds. The number of fused-ring (bicyclic) bond motifs is 1. The van der Waals surface area contributed by atoms with Gasteiger partial charge in [-0.25, -0.2) is 24.7 Å². The summed E-state index contributed by atoms with van der Waals surface area (Å²) in [4.78, 5) is 34.3. The summed E-state index contributed by atoms with van der Waals surface area (Å²) in [6.45, 7) is 7.06.